The van der Waals surface area contributed by atoms with Crippen LogP contribution in [-0.2, 0) is 9.53 Å². The predicted octanol–water partition coefficient (Wildman–Crippen LogP) is 2.63. The van der Waals surface area contributed by atoms with Crippen molar-refractivity contribution in [1.29, 1.82) is 0 Å². The lowest BCUT2D eigenvalue weighted by molar-refractivity contribution is -0.131. The second-order valence-electron chi connectivity index (χ2n) is 6.35. The Hall–Kier alpha value is -0.910. The molecule has 0 bridgehead atoms. The summed E-state index contributed by atoms with van der Waals surface area (Å²) in [4.78, 5) is 16.1. The van der Waals surface area contributed by atoms with E-state index in [0.29, 0.717) is 11.8 Å². The Morgan fingerprint density at radius 2 is 2.19 bits per heavy atom. The molecule has 0 radical (unpaired) electrons. The third kappa shape index (κ3) is 3.15. The van der Waals surface area contributed by atoms with Crippen LogP contribution in [0.25, 0.3) is 0 Å². The molecular formula is C16H24N2O2S. The number of carbonyl (C=O) groups excluding carboxylic acids is 1. The quantitative estimate of drug-likeness (QED) is 0.930. The first-order chi connectivity index (χ1) is 10.2. The standard InChI is InChI=1S/C16H24N2O2S/c1-11(2)14-16(19)18(10-12-5-7-20-8-6-12)15(17-14)13-4-3-9-21-13/h3-4,9,11-12,14-15,17H,5-8,10H2,1-2H3. The summed E-state index contributed by atoms with van der Waals surface area (Å²) in [6.45, 7) is 6.73. The van der Waals surface area contributed by atoms with Crippen LogP contribution in [0, 0.1) is 11.8 Å². The van der Waals surface area contributed by atoms with E-state index in [4.69, 9.17) is 4.74 Å². The molecule has 21 heavy (non-hydrogen) atoms. The van der Waals surface area contributed by atoms with E-state index in [9.17, 15) is 4.79 Å². The fourth-order valence-electron chi connectivity index (χ4n) is 3.20. The van der Waals surface area contributed by atoms with Gasteiger partial charge in [0.2, 0.25) is 5.91 Å². The smallest absolute Gasteiger partial charge is 0.241 e. The summed E-state index contributed by atoms with van der Waals surface area (Å²) in [5.41, 5.74) is 0. The topological polar surface area (TPSA) is 41.6 Å². The first kappa shape index (κ1) is 15.0. The van der Waals surface area contributed by atoms with Gasteiger partial charge in [0.05, 0.1) is 6.04 Å². The fraction of sp³-hybridized carbons (Fsp3) is 0.688. The number of nitrogens with zero attached hydrogens (tertiary/aromatic N) is 1. The van der Waals surface area contributed by atoms with Gasteiger partial charge < -0.3 is 9.64 Å². The molecule has 0 aliphatic carbocycles. The fourth-order valence-corrected chi connectivity index (χ4v) is 4.00. The third-order valence-electron chi connectivity index (χ3n) is 4.47. The molecule has 2 fully saturated rings. The van der Waals surface area contributed by atoms with Gasteiger partial charge in [0.25, 0.3) is 0 Å². The zero-order valence-corrected chi connectivity index (χ0v) is 13.6. The number of carbonyl (C=O) groups is 1. The van der Waals surface area contributed by atoms with Crippen LogP contribution in [0.1, 0.15) is 37.7 Å². The molecule has 1 aromatic rings. The van der Waals surface area contributed by atoms with Gasteiger partial charge in [0, 0.05) is 24.6 Å². The van der Waals surface area contributed by atoms with Gasteiger partial charge in [-0.1, -0.05) is 19.9 Å². The van der Waals surface area contributed by atoms with Crippen LogP contribution in [0.5, 0.6) is 0 Å². The van der Waals surface area contributed by atoms with E-state index in [1.54, 1.807) is 11.3 Å². The molecule has 3 heterocycles. The molecule has 0 aromatic carbocycles. The lowest BCUT2D eigenvalue weighted by Crippen LogP contribution is -2.37. The Labute approximate surface area is 130 Å². The molecule has 2 aliphatic heterocycles. The molecular weight excluding hydrogens is 284 g/mol. The van der Waals surface area contributed by atoms with Crippen molar-refractivity contribution in [3.8, 4) is 0 Å². The predicted molar refractivity (Wildman–Crippen MR) is 84.1 cm³/mol. The normalized spacial score (nSPS) is 27.8. The van der Waals surface area contributed by atoms with Crippen LogP contribution in [0.2, 0.25) is 0 Å². The van der Waals surface area contributed by atoms with Crippen molar-refractivity contribution < 1.29 is 9.53 Å². The highest BCUT2D eigenvalue weighted by molar-refractivity contribution is 7.10. The molecule has 1 N–H and O–H groups in total. The van der Waals surface area contributed by atoms with E-state index < -0.39 is 0 Å². The molecule has 2 atom stereocenters. The molecule has 2 unspecified atom stereocenters. The monoisotopic (exact) mass is 308 g/mol. The zero-order valence-electron chi connectivity index (χ0n) is 12.7. The number of amides is 1. The molecule has 3 rings (SSSR count). The van der Waals surface area contributed by atoms with Crippen LogP contribution < -0.4 is 5.32 Å². The van der Waals surface area contributed by atoms with Gasteiger partial charge in [-0.15, -0.1) is 11.3 Å². The van der Waals surface area contributed by atoms with E-state index in [1.165, 1.54) is 4.88 Å². The summed E-state index contributed by atoms with van der Waals surface area (Å²) in [6.07, 6.45) is 2.17. The molecule has 4 nitrogen and oxygen atoms in total. The summed E-state index contributed by atoms with van der Waals surface area (Å²) in [5.74, 6) is 1.15. The minimum absolute atomic E-state index is 0.0488. The molecule has 0 saturated carbocycles. The number of hydrogen-bond acceptors (Lipinski definition) is 4. The second-order valence-corrected chi connectivity index (χ2v) is 7.33. The SMILES string of the molecule is CC(C)C1NC(c2cccs2)N(CC2CCOCC2)C1=O. The minimum Gasteiger partial charge on any atom is -0.381 e. The molecule has 1 aromatic heterocycles. The first-order valence-corrected chi connectivity index (χ1v) is 8.72. The summed E-state index contributed by atoms with van der Waals surface area (Å²) in [5, 5.41) is 5.62. The van der Waals surface area contributed by atoms with Gasteiger partial charge in [0.15, 0.2) is 0 Å². The summed E-state index contributed by atoms with van der Waals surface area (Å²) < 4.78 is 5.43. The van der Waals surface area contributed by atoms with Crippen molar-refractivity contribution in [1.82, 2.24) is 10.2 Å². The Balaban J connectivity index is 1.77. The van der Waals surface area contributed by atoms with Gasteiger partial charge in [0.1, 0.15) is 6.17 Å². The van der Waals surface area contributed by atoms with E-state index in [1.807, 2.05) is 0 Å². The molecule has 5 heteroatoms. The number of rotatable bonds is 4. The van der Waals surface area contributed by atoms with Crippen LogP contribution in [0.4, 0.5) is 0 Å². The minimum atomic E-state index is -0.0584. The lowest BCUT2D eigenvalue weighted by Gasteiger charge is -2.30. The average Bonchev–Trinajstić information content (AvgIpc) is 3.09. The van der Waals surface area contributed by atoms with Crippen molar-refractivity contribution in [3.05, 3.63) is 22.4 Å². The third-order valence-corrected chi connectivity index (χ3v) is 5.40. The summed E-state index contributed by atoms with van der Waals surface area (Å²) in [7, 11) is 0. The van der Waals surface area contributed by atoms with E-state index in [2.05, 4.69) is 41.6 Å². The maximum absolute atomic E-state index is 12.8. The van der Waals surface area contributed by atoms with Crippen molar-refractivity contribution >= 4 is 17.2 Å². The van der Waals surface area contributed by atoms with Crippen molar-refractivity contribution in [2.75, 3.05) is 19.8 Å². The van der Waals surface area contributed by atoms with Crippen molar-refractivity contribution in [2.45, 2.75) is 38.9 Å². The largest absolute Gasteiger partial charge is 0.381 e. The number of hydrogen-bond donors (Lipinski definition) is 1. The Kier molecular flexibility index (Phi) is 4.62. The Morgan fingerprint density at radius 1 is 1.43 bits per heavy atom. The molecule has 0 spiro atoms. The van der Waals surface area contributed by atoms with Crippen LogP contribution in [0.15, 0.2) is 17.5 Å². The lowest BCUT2D eigenvalue weighted by atomic mass is 9.99. The number of thiophene rings is 1. The van der Waals surface area contributed by atoms with Crippen LogP contribution in [0.3, 0.4) is 0 Å². The molecule has 116 valence electrons. The summed E-state index contributed by atoms with van der Waals surface area (Å²) in [6, 6.07) is 4.12. The van der Waals surface area contributed by atoms with Crippen LogP contribution >= 0.6 is 11.3 Å². The average molecular weight is 308 g/mol. The highest BCUT2D eigenvalue weighted by Gasteiger charge is 2.42. The van der Waals surface area contributed by atoms with Gasteiger partial charge in [-0.2, -0.15) is 0 Å². The number of nitrogens with one attached hydrogen (secondary N) is 1. The van der Waals surface area contributed by atoms with Gasteiger partial charge in [-0.3, -0.25) is 10.1 Å². The maximum atomic E-state index is 12.8. The van der Waals surface area contributed by atoms with Gasteiger partial charge >= 0.3 is 0 Å². The highest BCUT2D eigenvalue weighted by Crippen LogP contribution is 2.32. The maximum Gasteiger partial charge on any atom is 0.241 e. The molecule has 2 aliphatic rings. The van der Waals surface area contributed by atoms with Crippen molar-refractivity contribution in [3.63, 3.8) is 0 Å². The summed E-state index contributed by atoms with van der Waals surface area (Å²) >= 11 is 1.72. The van der Waals surface area contributed by atoms with Gasteiger partial charge in [-0.25, -0.2) is 0 Å². The zero-order chi connectivity index (χ0) is 14.8. The van der Waals surface area contributed by atoms with Crippen LogP contribution in [-0.4, -0.2) is 36.6 Å². The highest BCUT2D eigenvalue weighted by atomic mass is 32.1. The van der Waals surface area contributed by atoms with E-state index in [0.717, 1.165) is 32.6 Å². The molecule has 1 amide bonds. The number of ether oxygens (including phenoxy) is 1. The van der Waals surface area contributed by atoms with Crippen molar-refractivity contribution in [2.24, 2.45) is 11.8 Å². The first-order valence-electron chi connectivity index (χ1n) is 7.84. The Morgan fingerprint density at radius 3 is 2.81 bits per heavy atom. The second kappa shape index (κ2) is 6.46. The molecule has 2 saturated heterocycles. The Bertz CT molecular complexity index is 469. The van der Waals surface area contributed by atoms with E-state index in [-0.39, 0.29) is 18.1 Å². The van der Waals surface area contributed by atoms with Gasteiger partial charge in [-0.05, 0) is 36.1 Å². The van der Waals surface area contributed by atoms with E-state index >= 15 is 0 Å².